The maximum Gasteiger partial charge on any atom is 0.255 e. The van der Waals surface area contributed by atoms with Gasteiger partial charge < -0.3 is 0 Å². The third-order valence-electron chi connectivity index (χ3n) is 4.40. The molecule has 8 heteroatoms. The molecule has 0 aliphatic rings. The molecule has 3 rings (SSSR count). The predicted molar refractivity (Wildman–Crippen MR) is 120 cm³/mol. The molecule has 1 N–H and O–H groups in total. The van der Waals surface area contributed by atoms with Gasteiger partial charge in [0.05, 0.1) is 17.7 Å². The smallest absolute Gasteiger partial charge is 0.255 e. The van der Waals surface area contributed by atoms with Crippen LogP contribution >= 0.6 is 11.3 Å². The van der Waals surface area contributed by atoms with Gasteiger partial charge in [0.15, 0.2) is 0 Å². The van der Waals surface area contributed by atoms with Crippen LogP contribution in [0.5, 0.6) is 0 Å². The molecule has 3 aromatic rings. The molecule has 1 aromatic heterocycles. The number of hydrogen-bond donors (Lipinski definition) is 1. The molecule has 0 fully saturated rings. The van der Waals surface area contributed by atoms with Crippen molar-refractivity contribution in [1.82, 2.24) is 9.73 Å². The lowest BCUT2D eigenvalue weighted by Crippen LogP contribution is -2.40. The lowest BCUT2D eigenvalue weighted by Gasteiger charge is -2.21. The summed E-state index contributed by atoms with van der Waals surface area (Å²) in [5, 5.41) is 5.82. The lowest BCUT2D eigenvalue weighted by atomic mass is 10.1. The minimum absolute atomic E-state index is 0.163. The highest BCUT2D eigenvalue weighted by molar-refractivity contribution is 7.89. The molecule has 0 aliphatic heterocycles. The third kappa shape index (κ3) is 6.09. The van der Waals surface area contributed by atoms with Gasteiger partial charge in [0.2, 0.25) is 10.0 Å². The van der Waals surface area contributed by atoms with E-state index in [0.29, 0.717) is 6.42 Å². The Hall–Kier alpha value is -2.81. The summed E-state index contributed by atoms with van der Waals surface area (Å²) < 4.78 is 27.5. The summed E-state index contributed by atoms with van der Waals surface area (Å²) in [5.74, 6) is -0.494. The van der Waals surface area contributed by atoms with Crippen molar-refractivity contribution in [1.29, 1.82) is 0 Å². The van der Waals surface area contributed by atoms with Crippen LogP contribution < -0.4 is 5.43 Å². The maximum absolute atomic E-state index is 13.2. The minimum Gasteiger partial charge on any atom is -0.272 e. The Balaban J connectivity index is 1.74. The summed E-state index contributed by atoms with van der Waals surface area (Å²) in [5.41, 5.74) is 4.37. The molecule has 1 amide bonds. The molecule has 1 heterocycles. The fourth-order valence-corrected chi connectivity index (χ4v) is 4.75. The summed E-state index contributed by atoms with van der Waals surface area (Å²) in [6.07, 6.45) is 2.03. The highest BCUT2D eigenvalue weighted by atomic mass is 32.2. The van der Waals surface area contributed by atoms with E-state index in [-0.39, 0.29) is 18.0 Å². The van der Waals surface area contributed by atoms with Crippen LogP contribution in [0.15, 0.2) is 82.1 Å². The Morgan fingerprint density at radius 2 is 1.80 bits per heavy atom. The van der Waals surface area contributed by atoms with Crippen molar-refractivity contribution >= 4 is 33.5 Å². The molecule has 0 bridgehead atoms. The zero-order valence-electron chi connectivity index (χ0n) is 16.6. The minimum atomic E-state index is -3.83. The van der Waals surface area contributed by atoms with Gasteiger partial charge in [-0.2, -0.15) is 9.41 Å². The second kappa shape index (κ2) is 10.3. The first-order valence-corrected chi connectivity index (χ1v) is 11.7. The molecule has 30 heavy (non-hydrogen) atoms. The molecule has 0 spiro atoms. The van der Waals surface area contributed by atoms with E-state index in [1.165, 1.54) is 21.9 Å². The van der Waals surface area contributed by atoms with Gasteiger partial charge in [-0.05, 0) is 42.5 Å². The van der Waals surface area contributed by atoms with Gasteiger partial charge in [-0.25, -0.2) is 13.8 Å². The number of benzene rings is 2. The first-order chi connectivity index (χ1) is 14.4. The maximum atomic E-state index is 13.2. The van der Waals surface area contributed by atoms with Crippen LogP contribution in [0, 0.1) is 6.92 Å². The standard InChI is InChI=1S/C22H23N3O3S2/c1-18-9-11-21(12-10-18)30(27,28)25(14-13-19-6-3-2-4-7-19)17-22(26)24-23-16-20-8-5-15-29-20/h2-12,15-16H,13-14,17H2,1H3,(H,24,26)/b23-16-. The average molecular weight is 442 g/mol. The Morgan fingerprint density at radius 3 is 2.47 bits per heavy atom. The van der Waals surface area contributed by atoms with Crippen LogP contribution in [0.3, 0.4) is 0 Å². The molecule has 156 valence electrons. The number of sulfonamides is 1. The normalized spacial score (nSPS) is 11.8. The lowest BCUT2D eigenvalue weighted by molar-refractivity contribution is -0.121. The second-order valence-corrected chi connectivity index (χ2v) is 9.61. The van der Waals surface area contributed by atoms with Crippen molar-refractivity contribution in [3.05, 3.63) is 88.1 Å². The number of nitrogens with one attached hydrogen (secondary N) is 1. The Morgan fingerprint density at radius 1 is 1.07 bits per heavy atom. The number of hydrazone groups is 1. The van der Waals surface area contributed by atoms with Gasteiger partial charge >= 0.3 is 0 Å². The van der Waals surface area contributed by atoms with Crippen LogP contribution in [0.2, 0.25) is 0 Å². The average Bonchev–Trinajstić information content (AvgIpc) is 3.25. The first-order valence-electron chi connectivity index (χ1n) is 9.41. The van der Waals surface area contributed by atoms with E-state index in [9.17, 15) is 13.2 Å². The van der Waals surface area contributed by atoms with E-state index in [1.54, 1.807) is 24.3 Å². The first kappa shape index (κ1) is 21.9. The fraction of sp³-hybridized carbons (Fsp3) is 0.182. The Bertz CT molecular complexity index is 1080. The summed E-state index contributed by atoms with van der Waals surface area (Å²) in [7, 11) is -3.83. The van der Waals surface area contributed by atoms with Gasteiger partial charge in [-0.1, -0.05) is 54.1 Å². The molecule has 0 radical (unpaired) electrons. The zero-order chi connectivity index (χ0) is 21.4. The molecular formula is C22H23N3O3S2. The predicted octanol–water partition coefficient (Wildman–Crippen LogP) is 3.44. The van der Waals surface area contributed by atoms with E-state index in [0.717, 1.165) is 16.0 Å². The number of carbonyl (C=O) groups excluding carboxylic acids is 1. The van der Waals surface area contributed by atoms with Crippen molar-refractivity contribution < 1.29 is 13.2 Å². The molecule has 0 atom stereocenters. The molecule has 0 saturated carbocycles. The Labute approximate surface area is 180 Å². The quantitative estimate of drug-likeness (QED) is 0.408. The number of carbonyl (C=O) groups is 1. The number of hydrogen-bond acceptors (Lipinski definition) is 5. The van der Waals surface area contributed by atoms with Crippen molar-refractivity contribution in [2.45, 2.75) is 18.2 Å². The van der Waals surface area contributed by atoms with Crippen molar-refractivity contribution in [3.63, 3.8) is 0 Å². The molecule has 0 aliphatic carbocycles. The van der Waals surface area contributed by atoms with E-state index < -0.39 is 15.9 Å². The summed E-state index contributed by atoms with van der Waals surface area (Å²) in [6, 6.07) is 19.9. The topological polar surface area (TPSA) is 78.8 Å². The zero-order valence-corrected chi connectivity index (χ0v) is 18.2. The van der Waals surface area contributed by atoms with Gasteiger partial charge in [0.25, 0.3) is 5.91 Å². The van der Waals surface area contributed by atoms with E-state index in [1.807, 2.05) is 54.8 Å². The molecule has 2 aromatic carbocycles. The monoisotopic (exact) mass is 441 g/mol. The van der Waals surface area contributed by atoms with Gasteiger partial charge in [-0.15, -0.1) is 11.3 Å². The third-order valence-corrected chi connectivity index (χ3v) is 7.06. The number of amides is 1. The van der Waals surface area contributed by atoms with E-state index >= 15 is 0 Å². The Kier molecular flexibility index (Phi) is 7.51. The largest absolute Gasteiger partial charge is 0.272 e. The van der Waals surface area contributed by atoms with Crippen molar-refractivity contribution in [3.8, 4) is 0 Å². The van der Waals surface area contributed by atoms with Crippen LogP contribution in [0.1, 0.15) is 16.0 Å². The summed E-state index contributed by atoms with van der Waals surface area (Å²) in [4.78, 5) is 13.5. The summed E-state index contributed by atoms with van der Waals surface area (Å²) in [6.45, 7) is 1.76. The van der Waals surface area contributed by atoms with Crippen LogP contribution in [-0.2, 0) is 21.2 Å². The second-order valence-electron chi connectivity index (χ2n) is 6.70. The summed E-state index contributed by atoms with van der Waals surface area (Å²) >= 11 is 1.49. The molecule has 0 unspecified atom stereocenters. The van der Waals surface area contributed by atoms with Gasteiger partial charge in [0, 0.05) is 11.4 Å². The van der Waals surface area contributed by atoms with Gasteiger partial charge in [0.1, 0.15) is 0 Å². The number of aryl methyl sites for hydroxylation is 1. The van der Waals surface area contributed by atoms with Crippen molar-refractivity contribution in [2.75, 3.05) is 13.1 Å². The molecule has 6 nitrogen and oxygen atoms in total. The van der Waals surface area contributed by atoms with Gasteiger partial charge in [-0.3, -0.25) is 4.79 Å². The van der Waals surface area contributed by atoms with Crippen LogP contribution in [0.4, 0.5) is 0 Å². The fourth-order valence-electron chi connectivity index (χ4n) is 2.77. The van der Waals surface area contributed by atoms with E-state index in [4.69, 9.17) is 0 Å². The molecule has 0 saturated heterocycles. The highest BCUT2D eigenvalue weighted by Gasteiger charge is 2.26. The van der Waals surface area contributed by atoms with Crippen molar-refractivity contribution in [2.24, 2.45) is 5.10 Å². The van der Waals surface area contributed by atoms with Crippen LogP contribution in [0.25, 0.3) is 0 Å². The van der Waals surface area contributed by atoms with E-state index in [2.05, 4.69) is 10.5 Å². The molecular weight excluding hydrogens is 418 g/mol. The number of nitrogens with zero attached hydrogens (tertiary/aromatic N) is 2. The highest BCUT2D eigenvalue weighted by Crippen LogP contribution is 2.17. The number of rotatable bonds is 9. The number of thiophene rings is 1. The SMILES string of the molecule is Cc1ccc(S(=O)(=O)N(CCc2ccccc2)CC(=O)N/N=C\c2cccs2)cc1. The van der Waals surface area contributed by atoms with Crippen LogP contribution in [-0.4, -0.2) is 37.9 Å².